The fourth-order valence-electron chi connectivity index (χ4n) is 6.80. The zero-order valence-corrected chi connectivity index (χ0v) is 36.1. The van der Waals surface area contributed by atoms with Gasteiger partial charge in [-0.15, -0.1) is 18.2 Å². The molecule has 0 atom stereocenters. The van der Waals surface area contributed by atoms with Crippen LogP contribution in [0.3, 0.4) is 0 Å². The van der Waals surface area contributed by atoms with E-state index in [0.29, 0.717) is 5.92 Å². The molecule has 0 spiro atoms. The molecule has 4 aromatic carbocycles. The van der Waals surface area contributed by atoms with E-state index in [1.54, 1.807) is 6.33 Å². The van der Waals surface area contributed by atoms with Crippen LogP contribution in [0, 0.1) is 23.8 Å². The van der Waals surface area contributed by atoms with Crippen molar-refractivity contribution in [2.75, 3.05) is 0 Å². The Balaban J connectivity index is 0.000000299. The number of ketones is 1. The number of benzene rings is 4. The normalized spacial score (nSPS) is 12.7. The van der Waals surface area contributed by atoms with E-state index < -0.39 is 0 Å². The first kappa shape index (κ1) is 41.9. The summed E-state index contributed by atoms with van der Waals surface area (Å²) in [5, 5.41) is 15.7. The monoisotopic (exact) mass is 890 g/mol. The molecule has 0 saturated heterocycles. The van der Waals surface area contributed by atoms with E-state index >= 15 is 0 Å². The number of aromatic nitrogens is 2. The zero-order valence-electron chi connectivity index (χ0n) is 33.7. The topological polar surface area (TPSA) is 76.2 Å². The van der Waals surface area contributed by atoms with Crippen molar-refractivity contribution in [1.29, 1.82) is 0 Å². The number of nitrogens with zero attached hydrogens (tertiary/aromatic N) is 2. The van der Waals surface area contributed by atoms with Crippen LogP contribution in [0.25, 0.3) is 54.9 Å². The van der Waals surface area contributed by atoms with Gasteiger partial charge in [-0.05, 0) is 77.5 Å². The molecular weight excluding hydrogens is 833 g/mol. The Bertz CT molecular complexity index is 2280. The summed E-state index contributed by atoms with van der Waals surface area (Å²) in [7, 11) is 0. The number of carbonyl (C=O) groups is 1. The van der Waals surface area contributed by atoms with Gasteiger partial charge in [-0.2, -0.15) is 0 Å². The second-order valence-electron chi connectivity index (χ2n) is 16.4. The molecule has 1 radical (unpaired) electrons. The number of allylic oxidation sites excluding steroid dienone is 2. The first-order chi connectivity index (χ1) is 24.5. The number of aryl methyl sites for hydroxylation is 1. The Morgan fingerprint density at radius 3 is 2.09 bits per heavy atom. The minimum atomic E-state index is -0.337. The van der Waals surface area contributed by atoms with Crippen molar-refractivity contribution in [3.63, 3.8) is 0 Å². The van der Waals surface area contributed by atoms with Crippen LogP contribution in [0.4, 0.5) is 0 Å². The molecule has 0 aliphatic rings. The summed E-state index contributed by atoms with van der Waals surface area (Å²) in [6.45, 7) is 25.4. The van der Waals surface area contributed by atoms with E-state index in [-0.39, 0.29) is 47.9 Å². The average Bonchev–Trinajstić information content (AvgIpc) is 3.51. The predicted molar refractivity (Wildman–Crippen MR) is 219 cm³/mol. The van der Waals surface area contributed by atoms with E-state index in [4.69, 9.17) is 14.4 Å². The van der Waals surface area contributed by atoms with Crippen LogP contribution in [-0.4, -0.2) is 20.9 Å². The number of aliphatic hydroxyl groups is 1. The van der Waals surface area contributed by atoms with Crippen molar-refractivity contribution in [2.24, 2.45) is 10.8 Å². The first-order valence-electron chi connectivity index (χ1n) is 19.0. The molecule has 6 rings (SSSR count). The second kappa shape index (κ2) is 16.2. The maximum absolute atomic E-state index is 12.2. The van der Waals surface area contributed by atoms with Gasteiger partial charge in [0.2, 0.25) is 0 Å². The average molecular weight is 890 g/mol. The van der Waals surface area contributed by atoms with Crippen LogP contribution in [0.5, 0.6) is 0 Å². The fraction of sp³-hybridized carbons (Fsp3) is 0.426. The molecule has 0 saturated carbocycles. The largest absolute Gasteiger partial charge is 0.512 e. The number of rotatable bonds is 9. The third-order valence-corrected chi connectivity index (χ3v) is 11.7. The van der Waals surface area contributed by atoms with E-state index in [2.05, 4.69) is 96.1 Å². The van der Waals surface area contributed by atoms with Crippen molar-refractivity contribution < 1.29 is 34.4 Å². The Labute approximate surface area is 330 Å². The summed E-state index contributed by atoms with van der Waals surface area (Å²) >= 11 is 0. The van der Waals surface area contributed by atoms with Gasteiger partial charge in [0.15, 0.2) is 5.78 Å². The third kappa shape index (κ3) is 8.15. The van der Waals surface area contributed by atoms with Crippen molar-refractivity contribution in [2.45, 2.75) is 120 Å². The molecule has 283 valence electrons. The summed E-state index contributed by atoms with van der Waals surface area (Å²) in [5.74, 6) is 0.730. The molecule has 6 aromatic rings. The SMILES string of the molecule is CCC(C)(CC)C(=O)/C=C(\O)C(C)(CC)CC.Cc1cc(C(C)(C)C)cc2ccc3c(-c4[c-]ccc5c4oc4cc(C(C)C)ccc45)ncnc3c12.[Ir]. The number of carbonyl (C=O) groups excluding carboxylic acids is 1. The molecule has 0 amide bonds. The summed E-state index contributed by atoms with van der Waals surface area (Å²) < 4.78 is 6.45. The molecule has 53 heavy (non-hydrogen) atoms. The standard InChI is InChI=1S/C32H29N2O.C15H28O2.Ir/c1-18(2)20-10-12-23-24-8-7-9-26(31(24)35-27(23)16-20)29-25-13-11-21-15-22(32(4,5)6)14-19(3)28(21)30(25)34-17-33-29;1-7-14(5,8-2)12(16)11-13(17)15(6,9-3)10-4;/h7-8,10-18H,1-6H3;11,16H,7-10H2,1-6H3;/q-1;;/b;12-11-;. The molecule has 0 aliphatic heterocycles. The molecule has 0 unspecified atom stereocenters. The summed E-state index contributed by atoms with van der Waals surface area (Å²) in [6, 6.07) is 22.9. The van der Waals surface area contributed by atoms with Crippen LogP contribution in [0.2, 0.25) is 0 Å². The predicted octanol–water partition coefficient (Wildman–Crippen LogP) is 13.5. The molecule has 0 bridgehead atoms. The van der Waals surface area contributed by atoms with Gasteiger partial charge >= 0.3 is 0 Å². The number of furan rings is 1. The number of hydrogen-bond acceptors (Lipinski definition) is 5. The van der Waals surface area contributed by atoms with Crippen molar-refractivity contribution in [3.8, 4) is 11.3 Å². The van der Waals surface area contributed by atoms with E-state index in [1.165, 1.54) is 33.5 Å². The molecule has 2 heterocycles. The maximum atomic E-state index is 12.2. The molecule has 1 N–H and O–H groups in total. The van der Waals surface area contributed by atoms with E-state index in [9.17, 15) is 9.90 Å². The summed E-state index contributed by atoms with van der Waals surface area (Å²) in [5.41, 5.74) is 7.74. The van der Waals surface area contributed by atoms with Gasteiger partial charge in [-0.1, -0.05) is 124 Å². The van der Waals surface area contributed by atoms with Gasteiger partial charge in [0.1, 0.15) is 17.7 Å². The number of aliphatic hydroxyl groups excluding tert-OH is 1. The van der Waals surface area contributed by atoms with Crippen LogP contribution >= 0.6 is 0 Å². The fourth-order valence-corrected chi connectivity index (χ4v) is 6.80. The molecule has 0 fully saturated rings. The molecule has 6 heteroatoms. The number of fused-ring (bicyclic) bond motifs is 6. The Morgan fingerprint density at radius 1 is 0.849 bits per heavy atom. The Hall–Kier alpha value is -3.86. The quantitative estimate of drug-likeness (QED) is 0.0677. The van der Waals surface area contributed by atoms with Gasteiger partial charge in [-0.25, -0.2) is 4.98 Å². The minimum Gasteiger partial charge on any atom is -0.512 e. The zero-order chi connectivity index (χ0) is 38.2. The molecular formula is C47H57IrN2O3-. The first-order valence-corrected chi connectivity index (χ1v) is 19.0. The Kier molecular flexibility index (Phi) is 12.8. The minimum absolute atomic E-state index is 0. The summed E-state index contributed by atoms with van der Waals surface area (Å²) in [6.07, 6.45) is 6.42. The van der Waals surface area contributed by atoms with Gasteiger partial charge in [0, 0.05) is 53.5 Å². The molecule has 2 aromatic heterocycles. The van der Waals surface area contributed by atoms with Gasteiger partial charge in [0.05, 0.1) is 11.1 Å². The van der Waals surface area contributed by atoms with Crippen LogP contribution < -0.4 is 0 Å². The third-order valence-electron chi connectivity index (χ3n) is 11.7. The van der Waals surface area contributed by atoms with E-state index in [1.807, 2.05) is 47.6 Å². The van der Waals surface area contributed by atoms with E-state index in [0.717, 1.165) is 69.8 Å². The molecule has 5 nitrogen and oxygen atoms in total. The van der Waals surface area contributed by atoms with Crippen molar-refractivity contribution in [3.05, 3.63) is 95.5 Å². The van der Waals surface area contributed by atoms with Crippen LogP contribution in [0.1, 0.15) is 124 Å². The van der Waals surface area contributed by atoms with Crippen molar-refractivity contribution >= 4 is 49.4 Å². The maximum Gasteiger partial charge on any atom is 0.164 e. The summed E-state index contributed by atoms with van der Waals surface area (Å²) in [4.78, 5) is 21.7. The second-order valence-corrected chi connectivity index (χ2v) is 16.4. The molecule has 0 aliphatic carbocycles. The van der Waals surface area contributed by atoms with Crippen molar-refractivity contribution in [1.82, 2.24) is 9.97 Å². The van der Waals surface area contributed by atoms with Crippen LogP contribution in [-0.2, 0) is 30.3 Å². The smallest absolute Gasteiger partial charge is 0.164 e. The van der Waals surface area contributed by atoms with Gasteiger partial charge in [-0.3, -0.25) is 9.78 Å². The number of hydrogen-bond donors (Lipinski definition) is 1. The van der Waals surface area contributed by atoms with Crippen LogP contribution in [0.15, 0.2) is 77.2 Å². The van der Waals surface area contributed by atoms with Gasteiger partial charge in [0.25, 0.3) is 0 Å². The Morgan fingerprint density at radius 2 is 1.49 bits per heavy atom. The van der Waals surface area contributed by atoms with Gasteiger partial charge < -0.3 is 9.52 Å².